The van der Waals surface area contributed by atoms with Gasteiger partial charge in [0.25, 0.3) is 0 Å². The summed E-state index contributed by atoms with van der Waals surface area (Å²) in [6.45, 7) is 2.94. The highest BCUT2D eigenvalue weighted by atomic mass is 16.4. The summed E-state index contributed by atoms with van der Waals surface area (Å²) in [4.78, 5) is 20.1. The van der Waals surface area contributed by atoms with Crippen molar-refractivity contribution < 1.29 is 9.90 Å². The van der Waals surface area contributed by atoms with Crippen molar-refractivity contribution in [3.63, 3.8) is 0 Å². The first-order valence-electron chi connectivity index (χ1n) is 8.52. The number of nitrogens with zero attached hydrogens (tertiary/aromatic N) is 3. The lowest BCUT2D eigenvalue weighted by Gasteiger charge is -2.38. The van der Waals surface area contributed by atoms with E-state index < -0.39 is 5.97 Å². The molecule has 2 aliphatic rings. The van der Waals surface area contributed by atoms with Crippen LogP contribution in [0.3, 0.4) is 0 Å². The van der Waals surface area contributed by atoms with Crippen molar-refractivity contribution in [1.29, 1.82) is 0 Å². The predicted octanol–water partition coefficient (Wildman–Crippen LogP) is 2.81. The SMILES string of the molecule is O=C(O)c1cccc(N2CCC(N3CCc4ccccc43)CC2)n1. The summed E-state index contributed by atoms with van der Waals surface area (Å²) in [5.74, 6) is -0.199. The van der Waals surface area contributed by atoms with Gasteiger partial charge in [-0.15, -0.1) is 0 Å². The van der Waals surface area contributed by atoms with Gasteiger partial charge in [-0.05, 0) is 43.0 Å². The Morgan fingerprint density at radius 1 is 1.04 bits per heavy atom. The van der Waals surface area contributed by atoms with Gasteiger partial charge in [0.1, 0.15) is 5.82 Å². The maximum Gasteiger partial charge on any atom is 0.354 e. The van der Waals surface area contributed by atoms with Gasteiger partial charge in [0.05, 0.1) is 0 Å². The van der Waals surface area contributed by atoms with Crippen LogP contribution in [-0.4, -0.2) is 41.7 Å². The van der Waals surface area contributed by atoms with Crippen LogP contribution >= 0.6 is 0 Å². The highest BCUT2D eigenvalue weighted by Crippen LogP contribution is 2.32. The second-order valence-electron chi connectivity index (χ2n) is 6.48. The van der Waals surface area contributed by atoms with E-state index in [2.05, 4.69) is 39.0 Å². The number of hydrogen-bond donors (Lipinski definition) is 1. The fourth-order valence-electron chi connectivity index (χ4n) is 3.87. The summed E-state index contributed by atoms with van der Waals surface area (Å²) in [5.41, 5.74) is 2.96. The van der Waals surface area contributed by atoms with Gasteiger partial charge in [0.15, 0.2) is 5.69 Å². The molecule has 1 N–H and O–H groups in total. The monoisotopic (exact) mass is 323 g/mol. The summed E-state index contributed by atoms with van der Waals surface area (Å²) in [7, 11) is 0. The molecule has 2 aromatic rings. The summed E-state index contributed by atoms with van der Waals surface area (Å²) in [5, 5.41) is 9.10. The molecule has 5 heteroatoms. The quantitative estimate of drug-likeness (QED) is 0.941. The third kappa shape index (κ3) is 2.70. The number of piperidine rings is 1. The van der Waals surface area contributed by atoms with Crippen molar-refractivity contribution >= 4 is 17.5 Å². The van der Waals surface area contributed by atoms with Crippen LogP contribution in [0.15, 0.2) is 42.5 Å². The molecular weight excluding hydrogens is 302 g/mol. The zero-order valence-electron chi connectivity index (χ0n) is 13.6. The van der Waals surface area contributed by atoms with Crippen LogP contribution in [0.5, 0.6) is 0 Å². The molecule has 4 rings (SSSR count). The molecule has 0 bridgehead atoms. The number of benzene rings is 1. The summed E-state index contributed by atoms with van der Waals surface area (Å²) in [6.07, 6.45) is 3.29. The van der Waals surface area contributed by atoms with Gasteiger partial charge in [-0.3, -0.25) is 0 Å². The Hall–Kier alpha value is -2.56. The van der Waals surface area contributed by atoms with Crippen LogP contribution in [0.1, 0.15) is 28.9 Å². The lowest BCUT2D eigenvalue weighted by molar-refractivity contribution is 0.0690. The maximum absolute atomic E-state index is 11.1. The molecule has 0 radical (unpaired) electrons. The van der Waals surface area contributed by atoms with Crippen molar-refractivity contribution in [2.24, 2.45) is 0 Å². The Morgan fingerprint density at radius 3 is 2.62 bits per heavy atom. The molecule has 5 nitrogen and oxygen atoms in total. The molecule has 2 aliphatic heterocycles. The highest BCUT2D eigenvalue weighted by molar-refractivity contribution is 5.85. The van der Waals surface area contributed by atoms with Crippen molar-refractivity contribution in [2.75, 3.05) is 29.4 Å². The first kappa shape index (κ1) is 15.0. The van der Waals surface area contributed by atoms with E-state index in [4.69, 9.17) is 5.11 Å². The van der Waals surface area contributed by atoms with E-state index in [0.717, 1.165) is 44.7 Å². The minimum absolute atomic E-state index is 0.114. The number of fused-ring (bicyclic) bond motifs is 1. The third-order valence-corrected chi connectivity index (χ3v) is 5.11. The molecule has 0 unspecified atom stereocenters. The Kier molecular flexibility index (Phi) is 3.84. The summed E-state index contributed by atoms with van der Waals surface area (Å²) >= 11 is 0. The lowest BCUT2D eigenvalue weighted by Crippen LogP contribution is -2.44. The summed E-state index contributed by atoms with van der Waals surface area (Å²) in [6, 6.07) is 14.5. The second-order valence-corrected chi connectivity index (χ2v) is 6.48. The zero-order valence-corrected chi connectivity index (χ0v) is 13.6. The normalized spacial score (nSPS) is 17.8. The van der Waals surface area contributed by atoms with Crippen LogP contribution in [-0.2, 0) is 6.42 Å². The second kappa shape index (κ2) is 6.15. The number of aromatic carboxylic acids is 1. The van der Waals surface area contributed by atoms with Gasteiger partial charge >= 0.3 is 5.97 Å². The highest BCUT2D eigenvalue weighted by Gasteiger charge is 2.29. The molecule has 0 spiro atoms. The average Bonchev–Trinajstić information content (AvgIpc) is 3.06. The molecule has 0 aliphatic carbocycles. The molecule has 0 saturated carbocycles. The molecule has 0 atom stereocenters. The van der Waals surface area contributed by atoms with Crippen LogP contribution in [0, 0.1) is 0 Å². The van der Waals surface area contributed by atoms with Gasteiger partial charge in [0, 0.05) is 31.4 Å². The minimum atomic E-state index is -0.972. The van der Waals surface area contributed by atoms with Crippen LogP contribution in [0.4, 0.5) is 11.5 Å². The molecular formula is C19H21N3O2. The Morgan fingerprint density at radius 2 is 1.83 bits per heavy atom. The Labute approximate surface area is 141 Å². The number of carbonyl (C=O) groups is 1. The van der Waals surface area contributed by atoms with E-state index in [1.54, 1.807) is 12.1 Å². The van der Waals surface area contributed by atoms with E-state index in [1.807, 2.05) is 6.07 Å². The van der Waals surface area contributed by atoms with E-state index in [1.165, 1.54) is 11.3 Å². The standard InChI is InChI=1S/C19H21N3O2/c23-19(24)16-5-3-7-18(20-16)21-11-9-15(10-12-21)22-13-8-14-4-1-2-6-17(14)22/h1-7,15H,8-13H2,(H,23,24). The smallest absolute Gasteiger partial charge is 0.354 e. The fourth-order valence-corrected chi connectivity index (χ4v) is 3.87. The zero-order chi connectivity index (χ0) is 16.5. The minimum Gasteiger partial charge on any atom is -0.477 e. The fraction of sp³-hybridized carbons (Fsp3) is 0.368. The van der Waals surface area contributed by atoms with Gasteiger partial charge in [0.2, 0.25) is 0 Å². The lowest BCUT2D eigenvalue weighted by atomic mass is 10.0. The molecule has 1 aromatic carbocycles. The summed E-state index contributed by atoms with van der Waals surface area (Å²) < 4.78 is 0. The number of pyridine rings is 1. The first-order chi connectivity index (χ1) is 11.7. The number of carboxylic acid groups (broad SMARTS) is 1. The van der Waals surface area contributed by atoms with Crippen molar-refractivity contribution in [1.82, 2.24) is 4.98 Å². The number of carboxylic acids is 1. The van der Waals surface area contributed by atoms with Gasteiger partial charge in [-0.1, -0.05) is 24.3 Å². The van der Waals surface area contributed by atoms with Crippen molar-refractivity contribution in [2.45, 2.75) is 25.3 Å². The number of anilines is 2. The molecule has 0 amide bonds. The number of rotatable bonds is 3. The van der Waals surface area contributed by atoms with E-state index in [-0.39, 0.29) is 5.69 Å². The van der Waals surface area contributed by atoms with Crippen molar-refractivity contribution in [3.05, 3.63) is 53.7 Å². The van der Waals surface area contributed by atoms with Crippen molar-refractivity contribution in [3.8, 4) is 0 Å². The molecule has 124 valence electrons. The van der Waals surface area contributed by atoms with Crippen LogP contribution < -0.4 is 9.80 Å². The third-order valence-electron chi connectivity index (χ3n) is 5.11. The molecule has 24 heavy (non-hydrogen) atoms. The Balaban J connectivity index is 1.44. The van der Waals surface area contributed by atoms with Gasteiger partial charge in [-0.25, -0.2) is 9.78 Å². The average molecular weight is 323 g/mol. The molecule has 1 aromatic heterocycles. The van der Waals surface area contributed by atoms with Crippen LogP contribution in [0.2, 0.25) is 0 Å². The molecule has 3 heterocycles. The largest absolute Gasteiger partial charge is 0.477 e. The van der Waals surface area contributed by atoms with E-state index in [9.17, 15) is 4.79 Å². The topological polar surface area (TPSA) is 56.7 Å². The van der Waals surface area contributed by atoms with Gasteiger partial charge in [-0.2, -0.15) is 0 Å². The first-order valence-corrected chi connectivity index (χ1v) is 8.52. The molecule has 1 saturated heterocycles. The number of aromatic nitrogens is 1. The predicted molar refractivity (Wildman–Crippen MR) is 93.9 cm³/mol. The van der Waals surface area contributed by atoms with Crippen LogP contribution in [0.25, 0.3) is 0 Å². The van der Waals surface area contributed by atoms with E-state index >= 15 is 0 Å². The number of hydrogen-bond acceptors (Lipinski definition) is 4. The van der Waals surface area contributed by atoms with E-state index in [0.29, 0.717) is 6.04 Å². The Bertz CT molecular complexity index is 754. The molecule has 1 fully saturated rings. The maximum atomic E-state index is 11.1. The van der Waals surface area contributed by atoms with Gasteiger partial charge < -0.3 is 14.9 Å². The number of para-hydroxylation sites is 1.